The highest BCUT2D eigenvalue weighted by Gasteiger charge is 2.38. The van der Waals surface area contributed by atoms with Gasteiger partial charge >= 0.3 is 6.18 Å². The van der Waals surface area contributed by atoms with E-state index in [0.717, 1.165) is 25.3 Å². The third-order valence-corrected chi connectivity index (χ3v) is 2.97. The standard InChI is InChI=1S/C12H13F4N.ClH/c13-9-5-4-6-10(11(9)12(14,15)16)17-7-2-1-3-8-17;/h4-6H,1-3,7-8H2;1H. The first-order chi connectivity index (χ1) is 8.00. The predicted octanol–water partition coefficient (Wildman–Crippen LogP) is 4.26. The summed E-state index contributed by atoms with van der Waals surface area (Å²) < 4.78 is 51.7. The maximum absolute atomic E-state index is 13.4. The quantitative estimate of drug-likeness (QED) is 0.696. The van der Waals surface area contributed by atoms with E-state index in [1.54, 1.807) is 4.90 Å². The number of piperidine rings is 1. The Kier molecular flexibility index (Phi) is 4.85. The monoisotopic (exact) mass is 283 g/mol. The molecule has 0 unspecified atom stereocenters. The summed E-state index contributed by atoms with van der Waals surface area (Å²) in [6.07, 6.45) is -1.91. The van der Waals surface area contributed by atoms with Crippen LogP contribution < -0.4 is 4.90 Å². The van der Waals surface area contributed by atoms with E-state index in [1.807, 2.05) is 0 Å². The van der Waals surface area contributed by atoms with Gasteiger partial charge in [-0.2, -0.15) is 13.2 Å². The second-order valence-corrected chi connectivity index (χ2v) is 4.18. The van der Waals surface area contributed by atoms with Crippen molar-refractivity contribution < 1.29 is 17.6 Å². The van der Waals surface area contributed by atoms with Crippen LogP contribution in [-0.4, -0.2) is 13.1 Å². The Hall–Kier alpha value is -0.970. The molecule has 0 radical (unpaired) electrons. The number of anilines is 1. The lowest BCUT2D eigenvalue weighted by atomic mass is 10.1. The minimum Gasteiger partial charge on any atom is -0.371 e. The predicted molar refractivity (Wildman–Crippen MR) is 64.7 cm³/mol. The summed E-state index contributed by atoms with van der Waals surface area (Å²) in [6.45, 7) is 1.12. The number of benzene rings is 1. The Morgan fingerprint density at radius 1 is 1.00 bits per heavy atom. The van der Waals surface area contributed by atoms with Gasteiger partial charge in [0.15, 0.2) is 0 Å². The second kappa shape index (κ2) is 5.78. The number of halogens is 5. The lowest BCUT2D eigenvalue weighted by molar-refractivity contribution is -0.139. The molecule has 18 heavy (non-hydrogen) atoms. The van der Waals surface area contributed by atoms with Crippen LogP contribution >= 0.6 is 12.4 Å². The van der Waals surface area contributed by atoms with Crippen LogP contribution in [0.4, 0.5) is 23.2 Å². The van der Waals surface area contributed by atoms with Crippen molar-refractivity contribution in [3.05, 3.63) is 29.6 Å². The van der Waals surface area contributed by atoms with Crippen LogP contribution in [0.3, 0.4) is 0 Å². The van der Waals surface area contributed by atoms with Gasteiger partial charge in [0.25, 0.3) is 0 Å². The first-order valence-electron chi connectivity index (χ1n) is 5.61. The number of nitrogens with zero attached hydrogens (tertiary/aromatic N) is 1. The van der Waals surface area contributed by atoms with Gasteiger partial charge in [-0.05, 0) is 31.4 Å². The van der Waals surface area contributed by atoms with Gasteiger partial charge in [0.2, 0.25) is 0 Å². The molecule has 0 amide bonds. The lowest BCUT2D eigenvalue weighted by Gasteiger charge is -2.31. The molecule has 1 saturated heterocycles. The van der Waals surface area contributed by atoms with Crippen molar-refractivity contribution in [2.75, 3.05) is 18.0 Å². The highest BCUT2D eigenvalue weighted by Crippen LogP contribution is 2.39. The molecule has 102 valence electrons. The summed E-state index contributed by atoms with van der Waals surface area (Å²) in [7, 11) is 0. The topological polar surface area (TPSA) is 3.24 Å². The van der Waals surface area contributed by atoms with Crippen molar-refractivity contribution in [2.45, 2.75) is 25.4 Å². The van der Waals surface area contributed by atoms with Gasteiger partial charge in [-0.25, -0.2) is 4.39 Å². The van der Waals surface area contributed by atoms with Crippen molar-refractivity contribution in [1.29, 1.82) is 0 Å². The second-order valence-electron chi connectivity index (χ2n) is 4.18. The summed E-state index contributed by atoms with van der Waals surface area (Å²) >= 11 is 0. The van der Waals surface area contributed by atoms with Crippen molar-refractivity contribution >= 4 is 18.1 Å². The molecular weight excluding hydrogens is 270 g/mol. The van der Waals surface area contributed by atoms with E-state index in [4.69, 9.17) is 0 Å². The summed E-state index contributed by atoms with van der Waals surface area (Å²) in [5.74, 6) is -1.19. The van der Waals surface area contributed by atoms with E-state index in [0.29, 0.717) is 13.1 Å². The average molecular weight is 284 g/mol. The SMILES string of the molecule is Cl.Fc1cccc(N2CCCCC2)c1C(F)(F)F. The van der Waals surface area contributed by atoms with Gasteiger partial charge in [0, 0.05) is 13.1 Å². The zero-order chi connectivity index (χ0) is 12.5. The number of alkyl halides is 3. The highest BCUT2D eigenvalue weighted by atomic mass is 35.5. The molecule has 1 aromatic carbocycles. The normalized spacial score (nSPS) is 16.3. The largest absolute Gasteiger partial charge is 0.421 e. The smallest absolute Gasteiger partial charge is 0.371 e. The fourth-order valence-electron chi connectivity index (χ4n) is 2.19. The van der Waals surface area contributed by atoms with Crippen LogP contribution in [0.2, 0.25) is 0 Å². The zero-order valence-electron chi connectivity index (χ0n) is 9.63. The Balaban J connectivity index is 0.00000162. The fourth-order valence-corrected chi connectivity index (χ4v) is 2.19. The first-order valence-corrected chi connectivity index (χ1v) is 5.61. The van der Waals surface area contributed by atoms with Crippen LogP contribution in [-0.2, 0) is 6.18 Å². The lowest BCUT2D eigenvalue weighted by Crippen LogP contribution is -2.31. The molecule has 1 aromatic rings. The van der Waals surface area contributed by atoms with Crippen LogP contribution in [0, 0.1) is 5.82 Å². The third kappa shape index (κ3) is 3.07. The van der Waals surface area contributed by atoms with Crippen LogP contribution in [0.15, 0.2) is 18.2 Å². The Morgan fingerprint density at radius 3 is 2.17 bits per heavy atom. The molecule has 1 fully saturated rings. The molecule has 0 N–H and O–H groups in total. The number of hydrogen-bond donors (Lipinski definition) is 0. The first kappa shape index (κ1) is 15.1. The van der Waals surface area contributed by atoms with E-state index in [-0.39, 0.29) is 18.1 Å². The summed E-state index contributed by atoms with van der Waals surface area (Å²) in [5.41, 5.74) is -1.17. The van der Waals surface area contributed by atoms with Crippen molar-refractivity contribution in [1.82, 2.24) is 0 Å². The Morgan fingerprint density at radius 2 is 1.61 bits per heavy atom. The molecule has 0 saturated carbocycles. The minimum absolute atomic E-state index is 0. The molecule has 2 rings (SSSR count). The molecule has 0 aromatic heterocycles. The molecule has 0 bridgehead atoms. The third-order valence-electron chi connectivity index (χ3n) is 2.97. The van der Waals surface area contributed by atoms with Crippen molar-refractivity contribution in [3.8, 4) is 0 Å². The van der Waals surface area contributed by atoms with Gasteiger partial charge in [0.05, 0.1) is 5.69 Å². The Bertz CT molecular complexity index is 400. The van der Waals surface area contributed by atoms with E-state index in [9.17, 15) is 17.6 Å². The van der Waals surface area contributed by atoms with Crippen molar-refractivity contribution in [3.63, 3.8) is 0 Å². The molecule has 1 aliphatic rings. The van der Waals surface area contributed by atoms with E-state index < -0.39 is 17.6 Å². The van der Waals surface area contributed by atoms with Gasteiger partial charge < -0.3 is 4.90 Å². The molecule has 0 spiro atoms. The van der Waals surface area contributed by atoms with E-state index in [1.165, 1.54) is 12.1 Å². The fraction of sp³-hybridized carbons (Fsp3) is 0.500. The maximum Gasteiger partial charge on any atom is 0.421 e. The van der Waals surface area contributed by atoms with E-state index in [2.05, 4.69) is 0 Å². The molecule has 1 aliphatic heterocycles. The minimum atomic E-state index is -4.64. The van der Waals surface area contributed by atoms with Gasteiger partial charge in [-0.15, -0.1) is 12.4 Å². The molecule has 0 aliphatic carbocycles. The molecule has 6 heteroatoms. The van der Waals surface area contributed by atoms with Gasteiger partial charge in [0.1, 0.15) is 11.4 Å². The van der Waals surface area contributed by atoms with Gasteiger partial charge in [-0.3, -0.25) is 0 Å². The highest BCUT2D eigenvalue weighted by molar-refractivity contribution is 5.85. The van der Waals surface area contributed by atoms with E-state index >= 15 is 0 Å². The zero-order valence-corrected chi connectivity index (χ0v) is 10.5. The Labute approximate surface area is 109 Å². The molecule has 1 nitrogen and oxygen atoms in total. The van der Waals surface area contributed by atoms with Crippen LogP contribution in [0.1, 0.15) is 24.8 Å². The average Bonchev–Trinajstić information content (AvgIpc) is 2.28. The summed E-state index contributed by atoms with van der Waals surface area (Å²) in [4.78, 5) is 1.62. The van der Waals surface area contributed by atoms with Gasteiger partial charge in [-0.1, -0.05) is 6.07 Å². The van der Waals surface area contributed by atoms with Crippen molar-refractivity contribution in [2.24, 2.45) is 0 Å². The van der Waals surface area contributed by atoms with Crippen LogP contribution in [0.25, 0.3) is 0 Å². The maximum atomic E-state index is 13.4. The number of hydrogen-bond acceptors (Lipinski definition) is 1. The molecule has 1 heterocycles. The number of rotatable bonds is 1. The summed E-state index contributed by atoms with van der Waals surface area (Å²) in [5, 5.41) is 0. The van der Waals surface area contributed by atoms with Crippen LogP contribution in [0.5, 0.6) is 0 Å². The molecular formula is C12H14ClF4N. The molecule has 0 atom stereocenters. The summed E-state index contributed by atoms with van der Waals surface area (Å²) in [6, 6.07) is 3.53.